The van der Waals surface area contributed by atoms with E-state index in [1.807, 2.05) is 6.08 Å². The van der Waals surface area contributed by atoms with Crippen LogP contribution in [0.15, 0.2) is 23.3 Å². The fourth-order valence-corrected chi connectivity index (χ4v) is 2.88. The van der Waals surface area contributed by atoms with Crippen LogP contribution in [-0.4, -0.2) is 22.1 Å². The quantitative estimate of drug-likeness (QED) is 0.672. The minimum absolute atomic E-state index is 0.295. The molecule has 0 saturated carbocycles. The van der Waals surface area contributed by atoms with Gasteiger partial charge in [0, 0.05) is 5.75 Å². The van der Waals surface area contributed by atoms with E-state index in [4.69, 9.17) is 5.11 Å². The van der Waals surface area contributed by atoms with Crippen molar-refractivity contribution in [3.05, 3.63) is 23.3 Å². The van der Waals surface area contributed by atoms with E-state index in [0.717, 1.165) is 24.2 Å². The highest BCUT2D eigenvalue weighted by molar-refractivity contribution is 8.01. The van der Waals surface area contributed by atoms with Crippen molar-refractivity contribution in [1.29, 1.82) is 0 Å². The number of aliphatic carboxylic acids is 1. The van der Waals surface area contributed by atoms with Crippen LogP contribution in [0, 0.1) is 0 Å². The fraction of sp³-hybridized carbons (Fsp3) is 0.444. The molecule has 0 saturated heterocycles. The smallest absolute Gasteiger partial charge is 0.321 e. The zero-order chi connectivity index (χ0) is 8.55. The average molecular weight is 182 g/mol. The maximum Gasteiger partial charge on any atom is 0.321 e. The zero-order valence-corrected chi connectivity index (χ0v) is 7.43. The van der Waals surface area contributed by atoms with Crippen LogP contribution >= 0.6 is 11.8 Å². The summed E-state index contributed by atoms with van der Waals surface area (Å²) in [5, 5.41) is 8.57. The molecule has 1 heterocycles. The van der Waals surface area contributed by atoms with Gasteiger partial charge in [0.2, 0.25) is 0 Å². The maximum atomic E-state index is 10.8. The Bertz CT molecular complexity index is 278. The molecule has 2 aliphatic rings. The molecule has 3 heteroatoms. The van der Waals surface area contributed by atoms with Crippen molar-refractivity contribution in [2.75, 3.05) is 5.75 Å². The van der Waals surface area contributed by atoms with Crippen molar-refractivity contribution >= 4 is 17.7 Å². The van der Waals surface area contributed by atoms with Crippen molar-refractivity contribution in [2.24, 2.45) is 0 Å². The topological polar surface area (TPSA) is 37.3 Å². The Morgan fingerprint density at radius 3 is 3.25 bits per heavy atom. The Hall–Kier alpha value is -0.700. The van der Waals surface area contributed by atoms with Gasteiger partial charge in [-0.2, -0.15) is 0 Å². The summed E-state index contributed by atoms with van der Waals surface area (Å²) < 4.78 is 0. The first-order valence-electron chi connectivity index (χ1n) is 4.02. The van der Waals surface area contributed by atoms with Crippen molar-refractivity contribution in [1.82, 2.24) is 0 Å². The molecule has 1 unspecified atom stereocenters. The first-order chi connectivity index (χ1) is 5.79. The predicted molar refractivity (Wildman–Crippen MR) is 49.3 cm³/mol. The number of carbonyl (C=O) groups is 1. The molecular weight excluding hydrogens is 172 g/mol. The number of hydrogen-bond acceptors (Lipinski definition) is 2. The number of thioether (sulfide) groups is 1. The van der Waals surface area contributed by atoms with Crippen LogP contribution in [0.25, 0.3) is 0 Å². The van der Waals surface area contributed by atoms with Crippen LogP contribution in [0.1, 0.15) is 12.8 Å². The summed E-state index contributed by atoms with van der Waals surface area (Å²) in [6, 6.07) is 0. The molecule has 0 spiro atoms. The fourth-order valence-electron chi connectivity index (χ4n) is 1.64. The number of carboxylic acids is 1. The van der Waals surface area contributed by atoms with Gasteiger partial charge in [-0.3, -0.25) is 4.79 Å². The Labute approximate surface area is 75.3 Å². The Balaban J connectivity index is 2.28. The molecule has 1 aliphatic heterocycles. The second-order valence-electron chi connectivity index (χ2n) is 3.03. The van der Waals surface area contributed by atoms with E-state index in [0.29, 0.717) is 0 Å². The van der Waals surface area contributed by atoms with Gasteiger partial charge in [-0.15, -0.1) is 11.8 Å². The number of hydrogen-bond donors (Lipinski definition) is 1. The van der Waals surface area contributed by atoms with Crippen molar-refractivity contribution in [3.63, 3.8) is 0 Å². The summed E-state index contributed by atoms with van der Waals surface area (Å²) in [5.74, 6) is 0.216. The average Bonchev–Trinajstić information content (AvgIpc) is 2.47. The van der Waals surface area contributed by atoms with E-state index in [1.165, 1.54) is 17.3 Å². The minimum Gasteiger partial charge on any atom is -0.480 e. The third-order valence-electron chi connectivity index (χ3n) is 2.25. The number of rotatable bonds is 1. The van der Waals surface area contributed by atoms with Gasteiger partial charge in [0.05, 0.1) is 0 Å². The lowest BCUT2D eigenvalue weighted by molar-refractivity contribution is -0.135. The van der Waals surface area contributed by atoms with Gasteiger partial charge in [0.15, 0.2) is 0 Å². The van der Waals surface area contributed by atoms with E-state index in [-0.39, 0.29) is 5.25 Å². The maximum absolute atomic E-state index is 10.8. The van der Waals surface area contributed by atoms with Gasteiger partial charge in [0.1, 0.15) is 5.25 Å². The lowest BCUT2D eigenvalue weighted by Gasteiger charge is -2.09. The van der Waals surface area contributed by atoms with Gasteiger partial charge in [-0.1, -0.05) is 17.7 Å². The highest BCUT2D eigenvalue weighted by atomic mass is 32.2. The lowest BCUT2D eigenvalue weighted by atomic mass is 9.97. The first kappa shape index (κ1) is 7.92. The van der Waals surface area contributed by atoms with E-state index in [9.17, 15) is 4.79 Å². The third-order valence-corrected chi connectivity index (χ3v) is 3.55. The van der Waals surface area contributed by atoms with Crippen molar-refractivity contribution in [2.45, 2.75) is 18.1 Å². The van der Waals surface area contributed by atoms with Gasteiger partial charge in [-0.25, -0.2) is 0 Å². The van der Waals surface area contributed by atoms with E-state index in [1.54, 1.807) is 0 Å². The standard InChI is InChI=1S/C9H10O2S/c10-9(11)8-7-4-2-1-3-6(7)5-12-8/h2,4,8H,1,3,5H2,(H,10,11). The molecule has 1 aliphatic carbocycles. The molecule has 0 bridgehead atoms. The molecule has 0 amide bonds. The monoisotopic (exact) mass is 182 g/mol. The van der Waals surface area contributed by atoms with Crippen LogP contribution in [0.2, 0.25) is 0 Å². The molecule has 2 nitrogen and oxygen atoms in total. The highest BCUT2D eigenvalue weighted by Crippen LogP contribution is 2.37. The summed E-state index contributed by atoms with van der Waals surface area (Å²) in [5.41, 5.74) is 2.40. The van der Waals surface area contributed by atoms with Crippen LogP contribution in [0.5, 0.6) is 0 Å². The SMILES string of the molecule is O=C(O)C1SCC2=C1C=CCC2. The molecule has 64 valence electrons. The van der Waals surface area contributed by atoms with Crippen LogP contribution in [0.3, 0.4) is 0 Å². The molecule has 2 rings (SSSR count). The Kier molecular flexibility index (Phi) is 1.97. The molecule has 0 aromatic rings. The Morgan fingerprint density at radius 2 is 2.50 bits per heavy atom. The van der Waals surface area contributed by atoms with Gasteiger partial charge < -0.3 is 5.11 Å². The van der Waals surface area contributed by atoms with Gasteiger partial charge >= 0.3 is 5.97 Å². The summed E-state index contributed by atoms with van der Waals surface area (Å²) in [6.07, 6.45) is 6.19. The molecule has 0 aromatic heterocycles. The van der Waals surface area contributed by atoms with Crippen LogP contribution < -0.4 is 0 Å². The predicted octanol–water partition coefficient (Wildman–Crippen LogP) is 1.83. The molecule has 1 atom stereocenters. The second-order valence-corrected chi connectivity index (χ2v) is 4.12. The normalized spacial score (nSPS) is 27.5. The van der Waals surface area contributed by atoms with E-state index < -0.39 is 5.97 Å². The summed E-state index contributed by atoms with van der Waals surface area (Å²) in [4.78, 5) is 10.8. The summed E-state index contributed by atoms with van der Waals surface area (Å²) in [7, 11) is 0. The largest absolute Gasteiger partial charge is 0.480 e. The third kappa shape index (κ3) is 1.18. The molecule has 0 fully saturated rings. The summed E-state index contributed by atoms with van der Waals surface area (Å²) in [6.45, 7) is 0. The second kappa shape index (κ2) is 2.98. The number of carboxylic acid groups (broad SMARTS) is 1. The molecular formula is C9H10O2S. The van der Waals surface area contributed by atoms with Crippen LogP contribution in [-0.2, 0) is 4.79 Å². The zero-order valence-electron chi connectivity index (χ0n) is 6.62. The van der Waals surface area contributed by atoms with Gasteiger partial charge in [-0.05, 0) is 18.4 Å². The molecule has 0 radical (unpaired) electrons. The van der Waals surface area contributed by atoms with E-state index >= 15 is 0 Å². The molecule has 0 aromatic carbocycles. The molecule has 1 N–H and O–H groups in total. The lowest BCUT2D eigenvalue weighted by Crippen LogP contribution is -2.15. The highest BCUT2D eigenvalue weighted by Gasteiger charge is 2.30. The molecule has 12 heavy (non-hydrogen) atoms. The van der Waals surface area contributed by atoms with Gasteiger partial charge in [0.25, 0.3) is 0 Å². The van der Waals surface area contributed by atoms with Crippen LogP contribution in [0.4, 0.5) is 0 Å². The number of allylic oxidation sites excluding steroid dienone is 2. The van der Waals surface area contributed by atoms with Crippen molar-refractivity contribution < 1.29 is 9.90 Å². The minimum atomic E-state index is -0.698. The van der Waals surface area contributed by atoms with Crippen molar-refractivity contribution in [3.8, 4) is 0 Å². The Morgan fingerprint density at radius 1 is 1.67 bits per heavy atom. The van der Waals surface area contributed by atoms with E-state index in [2.05, 4.69) is 6.08 Å². The first-order valence-corrected chi connectivity index (χ1v) is 5.07. The summed E-state index contributed by atoms with van der Waals surface area (Å²) >= 11 is 1.53.